The van der Waals surface area contributed by atoms with E-state index in [0.29, 0.717) is 19.3 Å². The second-order valence-electron chi connectivity index (χ2n) is 6.59. The zero-order valence-electron chi connectivity index (χ0n) is 14.9. The second-order valence-corrected chi connectivity index (χ2v) is 7.66. The predicted molar refractivity (Wildman–Crippen MR) is 108 cm³/mol. The number of hydrogen-bond donors (Lipinski definition) is 2. The topological polar surface area (TPSA) is 71.1 Å². The van der Waals surface area contributed by atoms with Crippen LogP contribution in [0.1, 0.15) is 22.6 Å². The highest BCUT2D eigenvalue weighted by Gasteiger charge is 2.15. The third kappa shape index (κ3) is 4.06. The van der Waals surface area contributed by atoms with Crippen molar-refractivity contribution in [2.75, 3.05) is 10.6 Å². The molecule has 0 atom stereocenters. The Balaban J connectivity index is 1.40. The van der Waals surface area contributed by atoms with Crippen molar-refractivity contribution in [2.45, 2.75) is 26.2 Å². The molecule has 0 unspecified atom stereocenters. The van der Waals surface area contributed by atoms with Gasteiger partial charge < -0.3 is 10.6 Å². The summed E-state index contributed by atoms with van der Waals surface area (Å²) in [4.78, 5) is 28.3. The van der Waals surface area contributed by atoms with Crippen LogP contribution in [-0.2, 0) is 22.4 Å². The number of fused-ring (bicyclic) bond motifs is 1. The maximum absolute atomic E-state index is 12.4. The Labute approximate surface area is 161 Å². The Morgan fingerprint density at radius 2 is 2.00 bits per heavy atom. The van der Waals surface area contributed by atoms with E-state index in [1.165, 1.54) is 0 Å². The minimum atomic E-state index is -0.0629. The first-order valence-electron chi connectivity index (χ1n) is 8.81. The van der Waals surface area contributed by atoms with Crippen LogP contribution in [0.5, 0.6) is 0 Å². The Bertz CT molecular complexity index is 1010. The Kier molecular flexibility index (Phi) is 4.73. The Morgan fingerprint density at radius 1 is 1.19 bits per heavy atom. The number of benzene rings is 2. The molecule has 6 heteroatoms. The summed E-state index contributed by atoms with van der Waals surface area (Å²) in [5.74, 6) is -0.0254. The first-order valence-corrected chi connectivity index (χ1v) is 9.69. The number of carbonyl (C=O) groups excluding carboxylic acids is 2. The Morgan fingerprint density at radius 3 is 2.74 bits per heavy atom. The molecule has 1 aliphatic rings. The molecule has 0 saturated heterocycles. The highest BCUT2D eigenvalue weighted by atomic mass is 32.1. The maximum Gasteiger partial charge on any atom is 0.228 e. The monoisotopic (exact) mass is 377 g/mol. The third-order valence-corrected chi connectivity index (χ3v) is 5.29. The highest BCUT2D eigenvalue weighted by molar-refractivity contribution is 7.09. The molecular weight excluding hydrogens is 358 g/mol. The Hall–Kier alpha value is -2.99. The number of rotatable bonds is 4. The zero-order chi connectivity index (χ0) is 18.8. The van der Waals surface area contributed by atoms with Crippen molar-refractivity contribution in [3.8, 4) is 11.3 Å². The van der Waals surface area contributed by atoms with Gasteiger partial charge in [-0.15, -0.1) is 11.3 Å². The van der Waals surface area contributed by atoms with E-state index < -0.39 is 0 Å². The predicted octanol–water partition coefficient (Wildman–Crippen LogP) is 4.18. The van der Waals surface area contributed by atoms with Gasteiger partial charge in [0.1, 0.15) is 0 Å². The molecule has 1 aromatic heterocycles. The molecule has 0 saturated carbocycles. The number of thiazole rings is 1. The van der Waals surface area contributed by atoms with E-state index in [-0.39, 0.29) is 11.8 Å². The van der Waals surface area contributed by atoms with Gasteiger partial charge in [-0.25, -0.2) is 4.98 Å². The summed E-state index contributed by atoms with van der Waals surface area (Å²) < 4.78 is 0. The van der Waals surface area contributed by atoms with E-state index in [9.17, 15) is 9.59 Å². The van der Waals surface area contributed by atoms with Crippen LogP contribution in [0.2, 0.25) is 0 Å². The van der Waals surface area contributed by atoms with Crippen LogP contribution >= 0.6 is 11.3 Å². The maximum atomic E-state index is 12.4. The summed E-state index contributed by atoms with van der Waals surface area (Å²) in [5, 5.41) is 8.86. The molecule has 27 heavy (non-hydrogen) atoms. The molecule has 1 aliphatic heterocycles. The van der Waals surface area contributed by atoms with Crippen molar-refractivity contribution in [2.24, 2.45) is 0 Å². The van der Waals surface area contributed by atoms with E-state index in [1.54, 1.807) is 11.3 Å². The SMILES string of the molecule is Cc1nc(-c2ccc(CC(=O)Nc3ccc4c(c3)CCC(=O)N4)cc2)cs1. The molecule has 0 radical (unpaired) electrons. The number of aryl methyl sites for hydroxylation is 2. The fraction of sp³-hybridized carbons (Fsp3) is 0.190. The van der Waals surface area contributed by atoms with E-state index in [2.05, 4.69) is 15.6 Å². The molecule has 2 amide bonds. The molecule has 136 valence electrons. The molecule has 0 aliphatic carbocycles. The summed E-state index contributed by atoms with van der Waals surface area (Å²) in [6.45, 7) is 1.99. The molecule has 4 rings (SSSR count). The number of amides is 2. The van der Waals surface area contributed by atoms with Crippen molar-refractivity contribution >= 4 is 34.5 Å². The third-order valence-electron chi connectivity index (χ3n) is 4.52. The van der Waals surface area contributed by atoms with E-state index in [4.69, 9.17) is 0 Å². The quantitative estimate of drug-likeness (QED) is 0.716. The summed E-state index contributed by atoms with van der Waals surface area (Å²) in [6, 6.07) is 13.5. The van der Waals surface area contributed by atoms with Crippen LogP contribution in [0, 0.1) is 6.92 Å². The summed E-state index contributed by atoms with van der Waals surface area (Å²) in [6.07, 6.45) is 1.49. The summed E-state index contributed by atoms with van der Waals surface area (Å²) in [5.41, 5.74) is 5.61. The van der Waals surface area contributed by atoms with E-state index in [1.807, 2.05) is 54.8 Å². The molecule has 0 bridgehead atoms. The van der Waals surface area contributed by atoms with Crippen LogP contribution < -0.4 is 10.6 Å². The summed E-state index contributed by atoms with van der Waals surface area (Å²) in [7, 11) is 0. The van der Waals surface area contributed by atoms with Gasteiger partial charge in [-0.2, -0.15) is 0 Å². The van der Waals surface area contributed by atoms with Gasteiger partial charge in [-0.3, -0.25) is 9.59 Å². The van der Waals surface area contributed by atoms with Crippen molar-refractivity contribution in [1.82, 2.24) is 4.98 Å². The van der Waals surface area contributed by atoms with Crippen LogP contribution in [-0.4, -0.2) is 16.8 Å². The first-order chi connectivity index (χ1) is 13.1. The van der Waals surface area contributed by atoms with Crippen LogP contribution in [0.25, 0.3) is 11.3 Å². The molecule has 3 aromatic rings. The number of carbonyl (C=O) groups is 2. The number of anilines is 2. The zero-order valence-corrected chi connectivity index (χ0v) is 15.7. The second kappa shape index (κ2) is 7.32. The first kappa shape index (κ1) is 17.4. The lowest BCUT2D eigenvalue weighted by atomic mass is 10.0. The number of hydrogen-bond acceptors (Lipinski definition) is 4. The van der Waals surface area contributed by atoms with Gasteiger partial charge in [0.05, 0.1) is 17.1 Å². The van der Waals surface area contributed by atoms with Crippen molar-refractivity contribution in [3.05, 3.63) is 64.0 Å². The standard InChI is InChI=1S/C21H19N3O2S/c1-13-22-19(12-27-13)15-4-2-14(3-5-15)10-21(26)23-17-7-8-18-16(11-17)6-9-20(25)24-18/h2-5,7-8,11-12H,6,9-10H2,1H3,(H,23,26)(H,24,25). The van der Waals surface area contributed by atoms with Gasteiger partial charge in [0.15, 0.2) is 0 Å². The van der Waals surface area contributed by atoms with Gasteiger partial charge in [-0.05, 0) is 42.7 Å². The molecular formula is C21H19N3O2S. The smallest absolute Gasteiger partial charge is 0.228 e. The van der Waals surface area contributed by atoms with E-state index >= 15 is 0 Å². The van der Waals surface area contributed by atoms with Crippen LogP contribution in [0.4, 0.5) is 11.4 Å². The lowest BCUT2D eigenvalue weighted by Crippen LogP contribution is -2.19. The fourth-order valence-corrected chi connectivity index (χ4v) is 3.76. The van der Waals surface area contributed by atoms with Gasteiger partial charge in [0.25, 0.3) is 0 Å². The number of nitrogens with one attached hydrogen (secondary N) is 2. The summed E-state index contributed by atoms with van der Waals surface area (Å²) >= 11 is 1.63. The minimum absolute atomic E-state index is 0.0375. The van der Waals surface area contributed by atoms with Gasteiger partial charge >= 0.3 is 0 Å². The molecule has 5 nitrogen and oxygen atoms in total. The average molecular weight is 377 g/mol. The number of aromatic nitrogens is 1. The molecule has 0 spiro atoms. The average Bonchev–Trinajstić information content (AvgIpc) is 3.09. The lowest BCUT2D eigenvalue weighted by Gasteiger charge is -2.17. The van der Waals surface area contributed by atoms with Crippen LogP contribution in [0.3, 0.4) is 0 Å². The van der Waals surface area contributed by atoms with Crippen molar-refractivity contribution in [1.29, 1.82) is 0 Å². The molecule has 0 fully saturated rings. The van der Waals surface area contributed by atoms with Gasteiger partial charge in [0.2, 0.25) is 11.8 Å². The fourth-order valence-electron chi connectivity index (χ4n) is 3.14. The number of nitrogens with zero attached hydrogens (tertiary/aromatic N) is 1. The normalized spacial score (nSPS) is 13.0. The van der Waals surface area contributed by atoms with Gasteiger partial charge in [0, 0.05) is 28.7 Å². The molecule has 2 heterocycles. The largest absolute Gasteiger partial charge is 0.326 e. The lowest BCUT2D eigenvalue weighted by molar-refractivity contribution is -0.117. The van der Waals surface area contributed by atoms with Crippen molar-refractivity contribution in [3.63, 3.8) is 0 Å². The van der Waals surface area contributed by atoms with Crippen LogP contribution in [0.15, 0.2) is 47.8 Å². The molecule has 2 aromatic carbocycles. The van der Waals surface area contributed by atoms with Crippen molar-refractivity contribution < 1.29 is 9.59 Å². The van der Waals surface area contributed by atoms with E-state index in [0.717, 1.165) is 38.8 Å². The minimum Gasteiger partial charge on any atom is -0.326 e. The highest BCUT2D eigenvalue weighted by Crippen LogP contribution is 2.26. The van der Waals surface area contributed by atoms with Gasteiger partial charge in [-0.1, -0.05) is 24.3 Å². The molecule has 2 N–H and O–H groups in total.